The van der Waals surface area contributed by atoms with Crippen LogP contribution in [0.5, 0.6) is 0 Å². The molecule has 1 aromatic carbocycles. The van der Waals surface area contributed by atoms with Gasteiger partial charge in [0.15, 0.2) is 0 Å². The Balaban J connectivity index is 2.28. The predicted molar refractivity (Wildman–Crippen MR) is 75.7 cm³/mol. The number of aromatic amines is 1. The average molecular weight is 266 g/mol. The summed E-state index contributed by atoms with van der Waals surface area (Å²) in [5.41, 5.74) is 2.02. The molecule has 0 radical (unpaired) electrons. The van der Waals surface area contributed by atoms with Crippen LogP contribution in [0.25, 0.3) is 22.4 Å². The molecular weight excluding hydrogens is 255 g/mol. The summed E-state index contributed by atoms with van der Waals surface area (Å²) in [4.78, 5) is 18.4. The number of hydrogen-bond acceptors (Lipinski definition) is 2. The van der Waals surface area contributed by atoms with Crippen molar-refractivity contribution in [2.75, 3.05) is 0 Å². The highest BCUT2D eigenvalue weighted by Crippen LogP contribution is 2.30. The molecule has 0 aliphatic carbocycles. The van der Waals surface area contributed by atoms with Crippen molar-refractivity contribution in [1.82, 2.24) is 9.97 Å². The molecule has 0 amide bonds. The largest absolute Gasteiger partial charge is 0.328 e. The van der Waals surface area contributed by atoms with E-state index in [0.29, 0.717) is 22.4 Å². The van der Waals surface area contributed by atoms with Crippen LogP contribution in [0.3, 0.4) is 0 Å². The molecule has 0 spiro atoms. The second kappa shape index (κ2) is 5.09. The third-order valence-corrected chi connectivity index (χ3v) is 3.03. The maximum absolute atomic E-state index is 14.0. The Labute approximate surface area is 114 Å². The van der Waals surface area contributed by atoms with E-state index in [2.05, 4.69) is 9.97 Å². The summed E-state index contributed by atoms with van der Waals surface area (Å²) >= 11 is 0. The van der Waals surface area contributed by atoms with E-state index in [1.165, 1.54) is 12.1 Å². The lowest BCUT2D eigenvalue weighted by Gasteiger charge is -2.09. The van der Waals surface area contributed by atoms with Gasteiger partial charge >= 0.3 is 0 Å². The minimum absolute atomic E-state index is 0.275. The molecule has 98 valence electrons. The van der Waals surface area contributed by atoms with E-state index in [9.17, 15) is 9.18 Å². The number of hydrogen-bond donors (Lipinski definition) is 1. The molecule has 1 N–H and O–H groups in total. The summed E-state index contributed by atoms with van der Waals surface area (Å²) in [7, 11) is 0. The van der Waals surface area contributed by atoms with Crippen molar-refractivity contribution in [1.29, 1.82) is 0 Å². The molecule has 3 nitrogen and oxygen atoms in total. The monoisotopic (exact) mass is 266 g/mol. The van der Waals surface area contributed by atoms with Crippen LogP contribution in [0.15, 0.2) is 65.7 Å². The van der Waals surface area contributed by atoms with Crippen molar-refractivity contribution >= 4 is 0 Å². The van der Waals surface area contributed by atoms with Crippen molar-refractivity contribution in [3.63, 3.8) is 0 Å². The molecule has 0 aliphatic rings. The summed E-state index contributed by atoms with van der Waals surface area (Å²) in [6.45, 7) is 0. The number of pyridine rings is 2. The summed E-state index contributed by atoms with van der Waals surface area (Å²) in [6, 6.07) is 13.2. The first-order valence-electron chi connectivity index (χ1n) is 6.15. The topological polar surface area (TPSA) is 45.8 Å². The van der Waals surface area contributed by atoms with E-state index >= 15 is 0 Å². The minimum Gasteiger partial charge on any atom is -0.328 e. The predicted octanol–water partition coefficient (Wildman–Crippen LogP) is 3.24. The molecule has 0 unspecified atom stereocenters. The molecule has 3 aromatic rings. The quantitative estimate of drug-likeness (QED) is 0.774. The van der Waals surface area contributed by atoms with Gasteiger partial charge in [-0.25, -0.2) is 4.39 Å². The SMILES string of the molecule is O=c1cc(-c2ccccc2F)c(-c2ccccn2)c[nH]1. The molecule has 0 aliphatic heterocycles. The van der Waals surface area contributed by atoms with Crippen LogP contribution in [0, 0.1) is 5.82 Å². The molecule has 0 bridgehead atoms. The van der Waals surface area contributed by atoms with Gasteiger partial charge in [-0.2, -0.15) is 0 Å². The molecule has 4 heteroatoms. The third-order valence-electron chi connectivity index (χ3n) is 3.03. The fourth-order valence-electron chi connectivity index (χ4n) is 2.11. The molecule has 0 atom stereocenters. The van der Waals surface area contributed by atoms with Crippen molar-refractivity contribution in [2.45, 2.75) is 0 Å². The minimum atomic E-state index is -0.365. The van der Waals surface area contributed by atoms with Crippen molar-refractivity contribution in [3.8, 4) is 22.4 Å². The standard InChI is InChI=1S/C16H11FN2O/c17-14-6-2-1-5-11(14)12-9-16(20)19-10-13(12)15-7-3-4-8-18-15/h1-10H,(H,19,20). The first-order chi connectivity index (χ1) is 9.75. The van der Waals surface area contributed by atoms with Gasteiger partial charge in [0, 0.05) is 35.2 Å². The van der Waals surface area contributed by atoms with Gasteiger partial charge in [0.25, 0.3) is 0 Å². The molecule has 20 heavy (non-hydrogen) atoms. The first kappa shape index (κ1) is 12.3. The van der Waals surface area contributed by atoms with E-state index in [1.807, 2.05) is 12.1 Å². The first-order valence-corrected chi connectivity index (χ1v) is 6.15. The van der Waals surface area contributed by atoms with Gasteiger partial charge in [-0.3, -0.25) is 9.78 Å². The lowest BCUT2D eigenvalue weighted by atomic mass is 9.99. The Morgan fingerprint density at radius 1 is 0.950 bits per heavy atom. The number of H-pyrrole nitrogens is 1. The van der Waals surface area contributed by atoms with Crippen molar-refractivity contribution in [3.05, 3.63) is 77.1 Å². The van der Waals surface area contributed by atoms with Crippen LogP contribution >= 0.6 is 0 Å². The van der Waals surface area contributed by atoms with Gasteiger partial charge in [0.05, 0.1) is 5.69 Å². The summed E-state index contributed by atoms with van der Waals surface area (Å²) in [5, 5.41) is 0. The molecule has 0 fully saturated rings. The molecule has 2 heterocycles. The summed E-state index contributed by atoms with van der Waals surface area (Å²) in [6.07, 6.45) is 3.22. The zero-order valence-electron chi connectivity index (χ0n) is 10.5. The molecule has 0 saturated carbocycles. The molecule has 2 aromatic heterocycles. The highest BCUT2D eigenvalue weighted by Gasteiger charge is 2.12. The van der Waals surface area contributed by atoms with E-state index in [0.717, 1.165) is 0 Å². The van der Waals surface area contributed by atoms with E-state index in [4.69, 9.17) is 0 Å². The maximum Gasteiger partial charge on any atom is 0.248 e. The van der Waals surface area contributed by atoms with Gasteiger partial charge in [-0.1, -0.05) is 24.3 Å². The fraction of sp³-hybridized carbons (Fsp3) is 0. The van der Waals surface area contributed by atoms with Crippen LogP contribution in [-0.2, 0) is 0 Å². The van der Waals surface area contributed by atoms with Gasteiger partial charge in [0.2, 0.25) is 5.56 Å². The maximum atomic E-state index is 14.0. The van der Waals surface area contributed by atoms with Crippen LogP contribution < -0.4 is 5.56 Å². The van der Waals surface area contributed by atoms with Crippen molar-refractivity contribution in [2.24, 2.45) is 0 Å². The highest BCUT2D eigenvalue weighted by atomic mass is 19.1. The second-order valence-corrected chi connectivity index (χ2v) is 4.32. The van der Waals surface area contributed by atoms with Gasteiger partial charge < -0.3 is 4.98 Å². The van der Waals surface area contributed by atoms with E-state index < -0.39 is 0 Å². The van der Waals surface area contributed by atoms with E-state index in [1.54, 1.807) is 36.7 Å². The normalized spacial score (nSPS) is 10.4. The number of nitrogens with one attached hydrogen (secondary N) is 1. The zero-order valence-corrected chi connectivity index (χ0v) is 10.5. The lowest BCUT2D eigenvalue weighted by molar-refractivity contribution is 0.631. The fourth-order valence-corrected chi connectivity index (χ4v) is 2.11. The molecule has 3 rings (SSSR count). The third kappa shape index (κ3) is 2.23. The Hall–Kier alpha value is -2.75. The van der Waals surface area contributed by atoms with Crippen molar-refractivity contribution < 1.29 is 4.39 Å². The average Bonchev–Trinajstić information content (AvgIpc) is 2.48. The number of aromatic nitrogens is 2. The lowest BCUT2D eigenvalue weighted by Crippen LogP contribution is -2.05. The van der Waals surface area contributed by atoms with Crippen LogP contribution in [0.2, 0.25) is 0 Å². The van der Waals surface area contributed by atoms with E-state index in [-0.39, 0.29) is 11.4 Å². The second-order valence-electron chi connectivity index (χ2n) is 4.32. The summed E-state index contributed by atoms with van der Waals surface area (Å²) in [5.74, 6) is -0.365. The number of benzene rings is 1. The van der Waals surface area contributed by atoms with Gasteiger partial charge in [-0.15, -0.1) is 0 Å². The Morgan fingerprint density at radius 3 is 2.50 bits per heavy atom. The van der Waals surface area contributed by atoms with Gasteiger partial charge in [0.1, 0.15) is 5.82 Å². The van der Waals surface area contributed by atoms with Crippen LogP contribution in [0.4, 0.5) is 4.39 Å². The number of nitrogens with zero attached hydrogens (tertiary/aromatic N) is 1. The Bertz CT molecular complexity index is 797. The van der Waals surface area contributed by atoms with Crippen LogP contribution in [0.1, 0.15) is 0 Å². The number of halogens is 1. The highest BCUT2D eigenvalue weighted by molar-refractivity contribution is 5.81. The zero-order chi connectivity index (χ0) is 13.9. The van der Waals surface area contributed by atoms with Crippen LogP contribution in [-0.4, -0.2) is 9.97 Å². The number of rotatable bonds is 2. The molecular formula is C16H11FN2O. The summed E-state index contributed by atoms with van der Waals surface area (Å²) < 4.78 is 14.0. The molecule has 0 saturated heterocycles. The smallest absolute Gasteiger partial charge is 0.248 e. The Kier molecular flexibility index (Phi) is 3.13. The Morgan fingerprint density at radius 2 is 1.75 bits per heavy atom. The van der Waals surface area contributed by atoms with Gasteiger partial charge in [-0.05, 0) is 18.2 Å².